The van der Waals surface area contributed by atoms with Gasteiger partial charge in [-0.1, -0.05) is 35.9 Å². The van der Waals surface area contributed by atoms with Crippen LogP contribution in [0.2, 0.25) is 5.15 Å². The van der Waals surface area contributed by atoms with Crippen molar-refractivity contribution in [2.75, 3.05) is 5.32 Å². The number of nitrogens with one attached hydrogen (secondary N) is 1. The zero-order chi connectivity index (χ0) is 24.5. The third kappa shape index (κ3) is 4.91. The molecule has 0 spiro atoms. The van der Waals surface area contributed by atoms with Crippen molar-refractivity contribution >= 4 is 40.2 Å². The second-order valence-electron chi connectivity index (χ2n) is 8.46. The number of hydrogen-bond donors (Lipinski definition) is 1. The summed E-state index contributed by atoms with van der Waals surface area (Å²) in [6.07, 6.45) is 1.17. The largest absolute Gasteiger partial charge is 0.772 e. The van der Waals surface area contributed by atoms with Crippen molar-refractivity contribution in [1.29, 1.82) is 0 Å². The van der Waals surface area contributed by atoms with Crippen molar-refractivity contribution in [2.45, 2.75) is 43.8 Å². The van der Waals surface area contributed by atoms with Gasteiger partial charge in [-0.05, 0) is 73.2 Å². The van der Waals surface area contributed by atoms with Crippen molar-refractivity contribution in [3.63, 3.8) is 0 Å². The summed E-state index contributed by atoms with van der Waals surface area (Å²) in [4.78, 5) is 30.3. The summed E-state index contributed by atoms with van der Waals surface area (Å²) in [5.74, 6) is 0.0200. The van der Waals surface area contributed by atoms with Crippen LogP contribution < -0.4 is 5.32 Å². The molecule has 8 nitrogen and oxygen atoms in total. The van der Waals surface area contributed by atoms with Crippen molar-refractivity contribution in [3.8, 4) is 0 Å². The van der Waals surface area contributed by atoms with E-state index in [-0.39, 0.29) is 23.3 Å². The molecule has 0 radical (unpaired) electrons. The lowest BCUT2D eigenvalue weighted by molar-refractivity contribution is -0.115. The fourth-order valence-corrected chi connectivity index (χ4v) is 4.47. The Balaban J connectivity index is 1.44. The molecular weight excluding hydrogens is 476 g/mol. The quantitative estimate of drug-likeness (QED) is 0.514. The Kier molecular flexibility index (Phi) is 6.88. The number of ketones is 1. The predicted octanol–water partition coefficient (Wildman–Crippen LogP) is 3.73. The van der Waals surface area contributed by atoms with E-state index < -0.39 is 21.7 Å². The molecule has 2 heterocycles. The van der Waals surface area contributed by atoms with E-state index in [9.17, 15) is 18.4 Å². The van der Waals surface area contributed by atoms with Crippen LogP contribution in [-0.4, -0.2) is 35.6 Å². The summed E-state index contributed by atoms with van der Waals surface area (Å²) in [6.45, 7) is 3.44. The molecule has 0 saturated carbocycles. The summed E-state index contributed by atoms with van der Waals surface area (Å²) >= 11 is 3.63. The van der Waals surface area contributed by atoms with Crippen molar-refractivity contribution in [2.24, 2.45) is 0 Å². The van der Waals surface area contributed by atoms with Gasteiger partial charge in [-0.25, -0.2) is 4.98 Å². The zero-order valence-corrected chi connectivity index (χ0v) is 20.2. The minimum atomic E-state index is -2.20. The molecule has 4 rings (SSSR count). The van der Waals surface area contributed by atoms with Gasteiger partial charge in [0.05, 0.1) is 23.2 Å². The van der Waals surface area contributed by atoms with E-state index in [2.05, 4.69) is 20.5 Å². The highest BCUT2D eigenvalue weighted by molar-refractivity contribution is 7.79. The maximum Gasteiger partial charge on any atom is 0.229 e. The minimum Gasteiger partial charge on any atom is -0.772 e. The number of aryl methyl sites for hydroxylation is 1. The standard InChI is InChI=1S/C24H23ClN4O4S/c1-14(34(32)33)16-5-3-15(4-6-16)13-22(30)27-21-10-7-17-18(26-21)11-12-24(2,23(17)31)19-8-9-20(25)29-28-19/h3-10,14H,11-13H2,1-2H3,(H,32,33)(H,26,27,30)/p-1. The Hall–Kier alpha value is -3.01. The Morgan fingerprint density at radius 3 is 2.56 bits per heavy atom. The molecule has 1 aromatic carbocycles. The highest BCUT2D eigenvalue weighted by Crippen LogP contribution is 2.37. The van der Waals surface area contributed by atoms with E-state index in [4.69, 9.17) is 11.6 Å². The Morgan fingerprint density at radius 2 is 1.91 bits per heavy atom. The zero-order valence-electron chi connectivity index (χ0n) is 18.6. The van der Waals surface area contributed by atoms with Gasteiger partial charge >= 0.3 is 0 Å². The maximum absolute atomic E-state index is 13.2. The Labute approximate surface area is 204 Å². The predicted molar refractivity (Wildman–Crippen MR) is 127 cm³/mol. The number of benzene rings is 1. The van der Waals surface area contributed by atoms with Crippen LogP contribution in [0.1, 0.15) is 58.4 Å². The number of amides is 1. The third-order valence-corrected chi connectivity index (χ3v) is 7.20. The van der Waals surface area contributed by atoms with E-state index >= 15 is 0 Å². The molecule has 1 amide bonds. The van der Waals surface area contributed by atoms with Crippen LogP contribution in [-0.2, 0) is 34.1 Å². The number of rotatable bonds is 6. The molecule has 3 atom stereocenters. The number of pyridine rings is 1. The van der Waals surface area contributed by atoms with Gasteiger partial charge in [-0.2, -0.15) is 5.10 Å². The second kappa shape index (κ2) is 9.69. The summed E-state index contributed by atoms with van der Waals surface area (Å²) < 4.78 is 22.2. The summed E-state index contributed by atoms with van der Waals surface area (Å²) in [5.41, 5.74) is 2.29. The number of fused-ring (bicyclic) bond motifs is 1. The summed E-state index contributed by atoms with van der Waals surface area (Å²) in [6, 6.07) is 13.5. The number of carbonyl (C=O) groups excluding carboxylic acids is 2. The molecule has 3 aromatic rings. The number of aromatic nitrogens is 3. The second-order valence-corrected chi connectivity index (χ2v) is 10.1. The number of hydrogen-bond acceptors (Lipinski definition) is 7. The monoisotopic (exact) mass is 497 g/mol. The average molecular weight is 498 g/mol. The first-order chi connectivity index (χ1) is 16.2. The number of carbonyl (C=O) groups is 2. The molecule has 0 saturated heterocycles. The molecule has 2 aromatic heterocycles. The average Bonchev–Trinajstić information content (AvgIpc) is 2.82. The molecule has 176 valence electrons. The van der Waals surface area contributed by atoms with Crippen molar-refractivity contribution < 1.29 is 18.4 Å². The molecule has 34 heavy (non-hydrogen) atoms. The molecule has 1 N–H and O–H groups in total. The summed E-state index contributed by atoms with van der Waals surface area (Å²) in [5, 5.41) is 10.4. The number of anilines is 1. The maximum atomic E-state index is 13.2. The van der Waals surface area contributed by atoms with Gasteiger partial charge in [0.2, 0.25) is 5.91 Å². The van der Waals surface area contributed by atoms with Gasteiger partial charge in [-0.15, -0.1) is 5.10 Å². The van der Waals surface area contributed by atoms with Crippen LogP contribution in [0, 0.1) is 0 Å². The van der Waals surface area contributed by atoms with E-state index in [0.717, 1.165) is 5.56 Å². The molecule has 10 heteroatoms. The number of halogens is 1. The first kappa shape index (κ1) is 24.1. The first-order valence-electron chi connectivity index (χ1n) is 10.7. The Bertz CT molecular complexity index is 1270. The normalized spacial score (nSPS) is 19.2. The van der Waals surface area contributed by atoms with Crippen LogP contribution in [0.5, 0.6) is 0 Å². The molecule has 0 bridgehead atoms. The lowest BCUT2D eigenvalue weighted by atomic mass is 9.71. The lowest BCUT2D eigenvalue weighted by Crippen LogP contribution is -2.38. The molecule has 3 unspecified atom stereocenters. The first-order valence-corrected chi connectivity index (χ1v) is 12.2. The van der Waals surface area contributed by atoms with Gasteiger partial charge in [0.1, 0.15) is 5.82 Å². The molecule has 1 aliphatic rings. The van der Waals surface area contributed by atoms with Crippen LogP contribution in [0.3, 0.4) is 0 Å². The lowest BCUT2D eigenvalue weighted by Gasteiger charge is -2.32. The fourth-order valence-electron chi connectivity index (χ4n) is 3.99. The SMILES string of the molecule is CC(c1ccc(CC(=O)Nc2ccc3c(n2)CCC(C)(c2ccc(Cl)nn2)C3=O)cc1)S(=O)[O-]. The van der Waals surface area contributed by atoms with Crippen LogP contribution >= 0.6 is 11.6 Å². The third-order valence-electron chi connectivity index (χ3n) is 6.15. The Morgan fingerprint density at radius 1 is 1.18 bits per heavy atom. The van der Waals surface area contributed by atoms with E-state index in [1.54, 1.807) is 55.5 Å². The fraction of sp³-hybridized carbons (Fsp3) is 0.292. The van der Waals surface area contributed by atoms with E-state index in [1.165, 1.54) is 0 Å². The molecule has 0 fully saturated rings. The van der Waals surface area contributed by atoms with Gasteiger partial charge in [0, 0.05) is 10.8 Å². The molecule has 0 aliphatic heterocycles. The van der Waals surface area contributed by atoms with Crippen molar-refractivity contribution in [1.82, 2.24) is 15.2 Å². The van der Waals surface area contributed by atoms with Gasteiger partial charge in [-0.3, -0.25) is 13.8 Å². The van der Waals surface area contributed by atoms with Gasteiger partial charge in [0.25, 0.3) is 0 Å². The van der Waals surface area contributed by atoms with Gasteiger partial charge in [0.15, 0.2) is 10.9 Å². The smallest absolute Gasteiger partial charge is 0.229 e. The minimum absolute atomic E-state index is 0.0934. The van der Waals surface area contributed by atoms with Gasteiger partial charge < -0.3 is 9.87 Å². The highest BCUT2D eigenvalue weighted by atomic mass is 35.5. The molecule has 1 aliphatic carbocycles. The molecular formula is C24H22ClN4O4S-. The number of Topliss-reactive ketones (excluding diaryl/α,β-unsaturated/α-hetero) is 1. The van der Waals surface area contributed by atoms with Crippen LogP contribution in [0.25, 0.3) is 0 Å². The van der Waals surface area contributed by atoms with Crippen molar-refractivity contribution in [3.05, 3.63) is 81.8 Å². The van der Waals surface area contributed by atoms with Crippen LogP contribution in [0.15, 0.2) is 48.5 Å². The topological polar surface area (TPSA) is 125 Å². The van der Waals surface area contributed by atoms with E-state index in [0.29, 0.717) is 41.2 Å². The summed E-state index contributed by atoms with van der Waals surface area (Å²) in [7, 11) is 0. The number of nitrogens with zero attached hydrogens (tertiary/aromatic N) is 3. The van der Waals surface area contributed by atoms with E-state index in [1.807, 2.05) is 6.92 Å². The highest BCUT2D eigenvalue weighted by Gasteiger charge is 2.42. The van der Waals surface area contributed by atoms with Crippen LogP contribution in [0.4, 0.5) is 5.82 Å².